The molecule has 0 saturated carbocycles. The van der Waals surface area contributed by atoms with Gasteiger partial charge in [-0.05, 0) is 18.5 Å². The Hall–Kier alpha value is -0.800. The van der Waals surface area contributed by atoms with Crippen molar-refractivity contribution in [2.45, 2.75) is 19.3 Å². The SMILES string of the molecule is CCC1CNC[C@@H]1c1cnc2cnc3c(ccn3SI)n12. The molecule has 1 fully saturated rings. The van der Waals surface area contributed by atoms with Crippen molar-refractivity contribution in [2.24, 2.45) is 5.92 Å². The summed E-state index contributed by atoms with van der Waals surface area (Å²) in [6.45, 7) is 4.42. The molecule has 1 unspecified atom stereocenters. The van der Waals surface area contributed by atoms with Gasteiger partial charge in [0, 0.05) is 60.9 Å². The van der Waals surface area contributed by atoms with E-state index in [1.165, 1.54) is 12.1 Å². The first-order valence-corrected chi connectivity index (χ1v) is 10.5. The van der Waals surface area contributed by atoms with Gasteiger partial charge in [-0.15, -0.1) is 0 Å². The third kappa shape index (κ3) is 2.08. The highest BCUT2D eigenvalue weighted by molar-refractivity contribution is 14.2. The largest absolute Gasteiger partial charge is 0.316 e. The van der Waals surface area contributed by atoms with Gasteiger partial charge in [0.1, 0.15) is 0 Å². The van der Waals surface area contributed by atoms with Crippen LogP contribution in [-0.2, 0) is 0 Å². The van der Waals surface area contributed by atoms with Crippen molar-refractivity contribution >= 4 is 47.1 Å². The Morgan fingerprint density at radius 3 is 3.10 bits per heavy atom. The Morgan fingerprint density at radius 1 is 1.38 bits per heavy atom. The van der Waals surface area contributed by atoms with Gasteiger partial charge in [-0.2, -0.15) is 0 Å². The topological polar surface area (TPSA) is 47.2 Å². The predicted molar refractivity (Wildman–Crippen MR) is 94.9 cm³/mol. The summed E-state index contributed by atoms with van der Waals surface area (Å²) in [4.78, 5) is 9.13. The Bertz CT molecular complexity index is 795. The van der Waals surface area contributed by atoms with E-state index in [1.807, 2.05) is 12.4 Å². The smallest absolute Gasteiger partial charge is 0.167 e. The highest BCUT2D eigenvalue weighted by atomic mass is 127. The summed E-state index contributed by atoms with van der Waals surface area (Å²) in [6, 6.07) is 2.13. The fourth-order valence-corrected chi connectivity index (χ4v) is 4.64. The molecule has 1 aliphatic rings. The van der Waals surface area contributed by atoms with Crippen molar-refractivity contribution < 1.29 is 0 Å². The normalized spacial score (nSPS) is 22.6. The number of nitrogens with one attached hydrogen (secondary N) is 1. The van der Waals surface area contributed by atoms with Crippen molar-refractivity contribution in [3.8, 4) is 0 Å². The summed E-state index contributed by atoms with van der Waals surface area (Å²) < 4.78 is 4.37. The molecule has 3 aromatic heterocycles. The molecule has 0 spiro atoms. The number of fused-ring (bicyclic) bond motifs is 3. The van der Waals surface area contributed by atoms with Crippen molar-refractivity contribution in [1.29, 1.82) is 0 Å². The Morgan fingerprint density at radius 2 is 2.29 bits per heavy atom. The maximum absolute atomic E-state index is 4.57. The third-order valence-electron chi connectivity index (χ3n) is 4.48. The average Bonchev–Trinajstić information content (AvgIpc) is 3.22. The standard InChI is InChI=1S/C14H16IN5S/c1-2-9-5-16-6-10(9)12-7-17-13-8-18-14-11(20(12)13)3-4-19(14)21-15/h3-4,7-10,16H,2,5-6H2,1H3/t9?,10-/m0/s1. The molecule has 1 N–H and O–H groups in total. The van der Waals surface area contributed by atoms with E-state index in [0.29, 0.717) is 11.8 Å². The molecule has 2 atom stereocenters. The van der Waals surface area contributed by atoms with E-state index in [9.17, 15) is 0 Å². The van der Waals surface area contributed by atoms with Crippen molar-refractivity contribution in [3.05, 3.63) is 30.4 Å². The lowest BCUT2D eigenvalue weighted by molar-refractivity contribution is 0.493. The Balaban J connectivity index is 1.95. The quantitative estimate of drug-likeness (QED) is 0.670. The zero-order chi connectivity index (χ0) is 14.4. The summed E-state index contributed by atoms with van der Waals surface area (Å²) in [6.07, 6.45) is 7.18. The molecule has 1 saturated heterocycles. The van der Waals surface area contributed by atoms with Crippen LogP contribution in [-0.4, -0.2) is 31.4 Å². The summed E-state index contributed by atoms with van der Waals surface area (Å²) in [5.74, 6) is 1.22. The minimum absolute atomic E-state index is 0.534. The maximum atomic E-state index is 4.57. The lowest BCUT2D eigenvalue weighted by Gasteiger charge is -2.16. The number of hydrogen-bond donors (Lipinski definition) is 1. The molecule has 7 heteroatoms. The molecule has 0 radical (unpaired) electrons. The molecule has 110 valence electrons. The van der Waals surface area contributed by atoms with E-state index in [-0.39, 0.29) is 0 Å². The molecule has 5 nitrogen and oxygen atoms in total. The predicted octanol–water partition coefficient (Wildman–Crippen LogP) is 3.24. The monoisotopic (exact) mass is 413 g/mol. The second kappa shape index (κ2) is 5.44. The van der Waals surface area contributed by atoms with Gasteiger partial charge >= 0.3 is 0 Å². The lowest BCUT2D eigenvalue weighted by Crippen LogP contribution is -2.12. The van der Waals surface area contributed by atoms with Crippen LogP contribution in [0.5, 0.6) is 0 Å². The molecule has 1 aliphatic heterocycles. The van der Waals surface area contributed by atoms with Gasteiger partial charge in [0.25, 0.3) is 0 Å². The fourth-order valence-electron chi connectivity index (χ4n) is 3.37. The van der Waals surface area contributed by atoms with Crippen LogP contribution in [0.4, 0.5) is 0 Å². The molecular weight excluding hydrogens is 397 g/mol. The van der Waals surface area contributed by atoms with E-state index < -0.39 is 0 Å². The highest BCUT2D eigenvalue weighted by Gasteiger charge is 2.29. The van der Waals surface area contributed by atoms with Crippen molar-refractivity contribution in [3.63, 3.8) is 0 Å². The first kappa shape index (κ1) is 13.8. The van der Waals surface area contributed by atoms with Gasteiger partial charge in [0.2, 0.25) is 0 Å². The lowest BCUT2D eigenvalue weighted by atomic mass is 9.91. The van der Waals surface area contributed by atoms with Crippen LogP contribution in [0.25, 0.3) is 16.8 Å². The van der Waals surface area contributed by atoms with Gasteiger partial charge < -0.3 is 5.32 Å². The van der Waals surface area contributed by atoms with Gasteiger partial charge in [0.05, 0.1) is 11.7 Å². The molecule has 0 aliphatic carbocycles. The number of hydrogen-bond acceptors (Lipinski definition) is 4. The van der Waals surface area contributed by atoms with Gasteiger partial charge in [-0.1, -0.05) is 13.3 Å². The van der Waals surface area contributed by atoms with Crippen molar-refractivity contribution in [1.82, 2.24) is 23.7 Å². The summed E-state index contributed by atoms with van der Waals surface area (Å²) >= 11 is 2.28. The molecule has 21 heavy (non-hydrogen) atoms. The van der Waals surface area contributed by atoms with Crippen LogP contribution in [0.2, 0.25) is 0 Å². The highest BCUT2D eigenvalue weighted by Crippen LogP contribution is 2.33. The zero-order valence-corrected chi connectivity index (χ0v) is 14.6. The number of nitrogens with zero attached hydrogens (tertiary/aromatic N) is 4. The van der Waals surface area contributed by atoms with Crippen LogP contribution >= 0.6 is 30.3 Å². The minimum atomic E-state index is 0.534. The summed E-state index contributed by atoms with van der Waals surface area (Å²) in [5, 5.41) is 3.52. The van der Waals surface area contributed by atoms with E-state index >= 15 is 0 Å². The number of imidazole rings is 1. The fraction of sp³-hybridized carbons (Fsp3) is 0.429. The first-order chi connectivity index (χ1) is 10.3. The maximum Gasteiger partial charge on any atom is 0.167 e. The van der Waals surface area contributed by atoms with Crippen LogP contribution in [0, 0.1) is 5.92 Å². The van der Waals surface area contributed by atoms with Gasteiger partial charge in [-0.25, -0.2) is 9.97 Å². The van der Waals surface area contributed by atoms with Crippen molar-refractivity contribution in [2.75, 3.05) is 13.1 Å². The third-order valence-corrected chi connectivity index (χ3v) is 6.20. The van der Waals surface area contributed by atoms with E-state index in [1.54, 1.807) is 9.12 Å². The second-order valence-electron chi connectivity index (χ2n) is 5.49. The molecule has 4 heterocycles. The minimum Gasteiger partial charge on any atom is -0.316 e. The van der Waals surface area contributed by atoms with Crippen LogP contribution < -0.4 is 5.32 Å². The number of halogens is 1. The zero-order valence-electron chi connectivity index (χ0n) is 11.7. The molecule has 4 rings (SSSR count). The molecular formula is C14H16IN5S. The number of rotatable bonds is 3. The van der Waals surface area contributed by atoms with E-state index in [4.69, 9.17) is 0 Å². The second-order valence-corrected chi connectivity index (χ2v) is 7.20. The molecule has 0 bridgehead atoms. The average molecular weight is 413 g/mol. The molecule has 0 aromatic carbocycles. The Kier molecular flexibility index (Phi) is 3.58. The van der Waals surface area contributed by atoms with Gasteiger partial charge in [0.15, 0.2) is 11.3 Å². The summed E-state index contributed by atoms with van der Waals surface area (Å²) in [7, 11) is 1.64. The first-order valence-electron chi connectivity index (χ1n) is 7.16. The Labute approximate surface area is 139 Å². The van der Waals surface area contributed by atoms with Crippen LogP contribution in [0.15, 0.2) is 24.7 Å². The van der Waals surface area contributed by atoms with E-state index in [2.05, 4.69) is 64.1 Å². The van der Waals surface area contributed by atoms with Crippen LogP contribution in [0.1, 0.15) is 25.0 Å². The molecule has 0 amide bonds. The molecule has 3 aromatic rings. The van der Waals surface area contributed by atoms with E-state index in [0.717, 1.165) is 29.9 Å². The number of aromatic nitrogens is 4. The summed E-state index contributed by atoms with van der Waals surface area (Å²) in [5.41, 5.74) is 4.40. The van der Waals surface area contributed by atoms with Crippen LogP contribution in [0.3, 0.4) is 0 Å². The van der Waals surface area contributed by atoms with Gasteiger partial charge in [-0.3, -0.25) is 8.37 Å².